The van der Waals surface area contributed by atoms with Crippen LogP contribution in [0, 0.1) is 0 Å². The first-order valence-corrected chi connectivity index (χ1v) is 12.5. The number of anilines is 1. The van der Waals surface area contributed by atoms with Crippen molar-refractivity contribution in [3.8, 4) is 23.0 Å². The van der Waals surface area contributed by atoms with Gasteiger partial charge in [-0.2, -0.15) is 0 Å². The molecule has 0 fully saturated rings. The van der Waals surface area contributed by atoms with Gasteiger partial charge in [0.1, 0.15) is 5.75 Å². The van der Waals surface area contributed by atoms with Crippen molar-refractivity contribution in [2.75, 3.05) is 40.3 Å². The molecule has 1 amide bonds. The first-order chi connectivity index (χ1) is 17.3. The first kappa shape index (κ1) is 29.0. The molecule has 198 valence electrons. The summed E-state index contributed by atoms with van der Waals surface area (Å²) in [6.45, 7) is 9.53. The monoisotopic (exact) mass is 498 g/mol. The largest absolute Gasteiger partial charge is 0.497 e. The summed E-state index contributed by atoms with van der Waals surface area (Å²) in [7, 11) is 6.37. The maximum absolute atomic E-state index is 13.0. The van der Waals surface area contributed by atoms with E-state index in [0.717, 1.165) is 30.5 Å². The fraction of sp³-hybridized carbons (Fsp3) is 0.483. The van der Waals surface area contributed by atoms with Gasteiger partial charge in [0.05, 0.1) is 34.1 Å². The van der Waals surface area contributed by atoms with Crippen molar-refractivity contribution in [3.63, 3.8) is 0 Å². The topological polar surface area (TPSA) is 69.3 Å². The van der Waals surface area contributed by atoms with Crippen LogP contribution in [0.1, 0.15) is 58.1 Å². The molecule has 0 heterocycles. The summed E-state index contributed by atoms with van der Waals surface area (Å²) in [6, 6.07) is 10.2. The van der Waals surface area contributed by atoms with Gasteiger partial charge in [-0.15, -0.1) is 0 Å². The van der Waals surface area contributed by atoms with Gasteiger partial charge in [-0.3, -0.25) is 9.69 Å². The number of nitrogens with one attached hydrogen (secondary N) is 1. The van der Waals surface area contributed by atoms with Crippen molar-refractivity contribution < 1.29 is 23.7 Å². The molecule has 7 heteroatoms. The molecule has 0 aromatic heterocycles. The van der Waals surface area contributed by atoms with Crippen LogP contribution in [0.5, 0.6) is 23.0 Å². The number of nitrogens with zero attached hydrogens (tertiary/aromatic N) is 1. The molecule has 0 aliphatic rings. The molecule has 7 nitrogen and oxygen atoms in total. The smallest absolute Gasteiger partial charge is 0.225 e. The second kappa shape index (κ2) is 14.4. The third-order valence-corrected chi connectivity index (χ3v) is 6.59. The highest BCUT2D eigenvalue weighted by atomic mass is 16.5. The highest BCUT2D eigenvalue weighted by Gasteiger charge is 2.19. The first-order valence-electron chi connectivity index (χ1n) is 12.5. The van der Waals surface area contributed by atoms with Crippen LogP contribution in [0.4, 0.5) is 5.69 Å². The van der Waals surface area contributed by atoms with E-state index in [1.54, 1.807) is 28.4 Å². The lowest BCUT2D eigenvalue weighted by atomic mass is 10.1. The quantitative estimate of drug-likeness (QED) is 0.317. The normalized spacial score (nSPS) is 12.9. The molecule has 2 unspecified atom stereocenters. The van der Waals surface area contributed by atoms with Crippen LogP contribution < -0.4 is 24.3 Å². The van der Waals surface area contributed by atoms with Crippen molar-refractivity contribution in [1.29, 1.82) is 0 Å². The van der Waals surface area contributed by atoms with E-state index in [4.69, 9.17) is 18.9 Å². The Bertz CT molecular complexity index is 986. The second-order valence-corrected chi connectivity index (χ2v) is 8.80. The molecule has 0 aliphatic heterocycles. The molecule has 0 saturated carbocycles. The molecule has 2 aromatic rings. The lowest BCUT2D eigenvalue weighted by molar-refractivity contribution is -0.116. The lowest BCUT2D eigenvalue weighted by Crippen LogP contribution is -2.41. The number of ether oxygens (including phenoxy) is 4. The molecule has 0 bridgehead atoms. The van der Waals surface area contributed by atoms with Crippen molar-refractivity contribution in [3.05, 3.63) is 41.5 Å². The van der Waals surface area contributed by atoms with Gasteiger partial charge in [0, 0.05) is 31.1 Å². The molecule has 36 heavy (non-hydrogen) atoms. The highest BCUT2D eigenvalue weighted by molar-refractivity contribution is 5.94. The average molecular weight is 499 g/mol. The van der Waals surface area contributed by atoms with Crippen molar-refractivity contribution in [2.24, 2.45) is 0 Å². The van der Waals surface area contributed by atoms with Crippen LogP contribution in [0.15, 0.2) is 30.3 Å². The zero-order valence-electron chi connectivity index (χ0n) is 23.0. The minimum Gasteiger partial charge on any atom is -0.497 e. The van der Waals surface area contributed by atoms with Crippen LogP contribution in [0.2, 0.25) is 0 Å². The van der Waals surface area contributed by atoms with E-state index in [2.05, 4.69) is 37.9 Å². The number of hydrogen-bond donors (Lipinski definition) is 1. The standard InChI is InChI=1S/C29H42N2O5/c1-9-20(3)31(21(4)10-2)16-15-28(32)30-25-19-24(33-5)14-13-23(25)12-11-22-17-26(34-6)29(36-8)27(18-22)35-7/h11-14,17-21H,9-10,15-16H2,1-8H3,(H,30,32)/b12-11-. The van der Waals surface area contributed by atoms with Crippen LogP contribution in [0.25, 0.3) is 12.2 Å². The molecule has 1 N–H and O–H groups in total. The molecule has 2 rings (SSSR count). The van der Waals surface area contributed by atoms with Crippen LogP contribution >= 0.6 is 0 Å². The van der Waals surface area contributed by atoms with Gasteiger partial charge in [0.15, 0.2) is 11.5 Å². The van der Waals surface area contributed by atoms with Gasteiger partial charge in [0.25, 0.3) is 0 Å². The summed E-state index contributed by atoms with van der Waals surface area (Å²) < 4.78 is 21.7. The second-order valence-electron chi connectivity index (χ2n) is 8.80. The Morgan fingerprint density at radius 3 is 2.00 bits per heavy atom. The number of amides is 1. The van der Waals surface area contributed by atoms with Crippen LogP contribution in [0.3, 0.4) is 0 Å². The van der Waals surface area contributed by atoms with E-state index in [1.807, 2.05) is 42.5 Å². The van der Waals surface area contributed by atoms with Crippen LogP contribution in [-0.4, -0.2) is 57.9 Å². The molecular weight excluding hydrogens is 456 g/mol. The molecule has 0 saturated heterocycles. The van der Waals surface area contributed by atoms with Gasteiger partial charge < -0.3 is 24.3 Å². The minimum atomic E-state index is -0.0257. The lowest BCUT2D eigenvalue weighted by Gasteiger charge is -2.33. The summed E-state index contributed by atoms with van der Waals surface area (Å²) >= 11 is 0. The average Bonchev–Trinajstić information content (AvgIpc) is 2.90. The number of benzene rings is 2. The Hall–Kier alpha value is -3.19. The van der Waals surface area contributed by atoms with Crippen molar-refractivity contribution in [2.45, 2.75) is 59.0 Å². The fourth-order valence-electron chi connectivity index (χ4n) is 4.09. The van der Waals surface area contributed by atoms with Gasteiger partial charge in [-0.25, -0.2) is 0 Å². The predicted molar refractivity (Wildman–Crippen MR) is 147 cm³/mol. The molecule has 0 aliphatic carbocycles. The van der Waals surface area contributed by atoms with E-state index < -0.39 is 0 Å². The summed E-state index contributed by atoms with van der Waals surface area (Å²) in [4.78, 5) is 15.4. The number of carbonyl (C=O) groups excluding carboxylic acids is 1. The molecular formula is C29H42N2O5. The fourth-order valence-corrected chi connectivity index (χ4v) is 4.09. The van der Waals surface area contributed by atoms with Crippen molar-refractivity contribution in [1.82, 2.24) is 4.90 Å². The minimum absolute atomic E-state index is 0.0257. The predicted octanol–water partition coefficient (Wildman–Crippen LogP) is 6.12. The Kier molecular flexibility index (Phi) is 11.6. The van der Waals surface area contributed by atoms with Gasteiger partial charge in [-0.05, 0) is 62.1 Å². The Labute approximate surface area is 216 Å². The van der Waals surface area contributed by atoms with Crippen molar-refractivity contribution >= 4 is 23.7 Å². The molecule has 0 radical (unpaired) electrons. The zero-order valence-corrected chi connectivity index (χ0v) is 23.0. The SMILES string of the molecule is CCC(C)N(CCC(=O)Nc1cc(OC)ccc1/C=C\c1cc(OC)c(OC)c(OC)c1)C(C)CC. The van der Waals surface area contributed by atoms with E-state index in [-0.39, 0.29) is 5.91 Å². The van der Waals surface area contributed by atoms with Gasteiger partial charge in [0.2, 0.25) is 11.7 Å². The van der Waals surface area contributed by atoms with Gasteiger partial charge in [-0.1, -0.05) is 26.0 Å². The Morgan fingerprint density at radius 1 is 0.889 bits per heavy atom. The number of rotatable bonds is 14. The molecule has 2 atom stereocenters. The summed E-state index contributed by atoms with van der Waals surface area (Å²) in [6.07, 6.45) is 6.41. The van der Waals surface area contributed by atoms with Gasteiger partial charge >= 0.3 is 0 Å². The van der Waals surface area contributed by atoms with E-state index in [9.17, 15) is 4.79 Å². The maximum atomic E-state index is 13.0. The number of carbonyl (C=O) groups is 1. The van der Waals surface area contributed by atoms with E-state index >= 15 is 0 Å². The Morgan fingerprint density at radius 2 is 1.50 bits per heavy atom. The zero-order chi connectivity index (χ0) is 26.7. The molecule has 2 aromatic carbocycles. The summed E-state index contributed by atoms with van der Waals surface area (Å²) in [5.41, 5.74) is 2.43. The third kappa shape index (κ3) is 7.65. The number of hydrogen-bond acceptors (Lipinski definition) is 6. The highest BCUT2D eigenvalue weighted by Crippen LogP contribution is 2.38. The third-order valence-electron chi connectivity index (χ3n) is 6.59. The summed E-state index contributed by atoms with van der Waals surface area (Å²) in [5, 5.41) is 3.09. The Balaban J connectivity index is 2.26. The van der Waals surface area contributed by atoms with E-state index in [1.165, 1.54) is 0 Å². The molecule has 0 spiro atoms. The van der Waals surface area contributed by atoms with Crippen LogP contribution in [-0.2, 0) is 4.79 Å². The van der Waals surface area contributed by atoms with E-state index in [0.29, 0.717) is 47.2 Å². The number of methoxy groups -OCH3 is 4. The summed E-state index contributed by atoms with van der Waals surface area (Å²) in [5.74, 6) is 2.34. The maximum Gasteiger partial charge on any atom is 0.225 e.